The van der Waals surface area contributed by atoms with E-state index in [9.17, 15) is 14.4 Å². The summed E-state index contributed by atoms with van der Waals surface area (Å²) in [6.07, 6.45) is -0.695. The maximum atomic E-state index is 11.8. The van der Waals surface area contributed by atoms with Gasteiger partial charge in [-0.15, -0.1) is 11.8 Å². The van der Waals surface area contributed by atoms with Crippen LogP contribution in [-0.2, 0) is 14.3 Å². The summed E-state index contributed by atoms with van der Waals surface area (Å²) in [5, 5.41) is 11.3. The number of carboxylic acids is 1. The first kappa shape index (κ1) is 15.6. The molecule has 0 bridgehead atoms. The van der Waals surface area contributed by atoms with E-state index in [1.54, 1.807) is 20.8 Å². The summed E-state index contributed by atoms with van der Waals surface area (Å²) < 4.78 is 4.98. The third kappa shape index (κ3) is 4.98. The quantitative estimate of drug-likeness (QED) is 0.785. The Hall–Kier alpha value is -1.44. The van der Waals surface area contributed by atoms with Crippen molar-refractivity contribution < 1.29 is 24.2 Å². The molecule has 1 rings (SSSR count). The van der Waals surface area contributed by atoms with E-state index in [2.05, 4.69) is 5.32 Å². The lowest BCUT2D eigenvalue weighted by molar-refractivity contribution is -0.147. The molecule has 1 atom stereocenters. The van der Waals surface area contributed by atoms with Crippen LogP contribution in [0.25, 0.3) is 0 Å². The van der Waals surface area contributed by atoms with Gasteiger partial charge in [-0.2, -0.15) is 0 Å². The van der Waals surface area contributed by atoms with Crippen LogP contribution in [0.5, 0.6) is 0 Å². The van der Waals surface area contributed by atoms with Gasteiger partial charge in [0.1, 0.15) is 18.2 Å². The molecule has 1 fully saturated rings. The summed E-state index contributed by atoms with van der Waals surface area (Å²) in [4.78, 5) is 35.3. The third-order valence-corrected chi connectivity index (χ3v) is 3.28. The highest BCUT2D eigenvalue weighted by Crippen LogP contribution is 2.20. The Balaban J connectivity index is 2.43. The number of nitrogens with one attached hydrogen (secondary N) is 1. The number of amides is 2. The molecule has 0 saturated carbocycles. The zero-order chi connectivity index (χ0) is 14.6. The Bertz CT molecular complexity index is 380. The lowest BCUT2D eigenvalue weighted by atomic mass is 10.2. The molecule has 1 aliphatic heterocycles. The van der Waals surface area contributed by atoms with Crippen LogP contribution >= 0.6 is 11.8 Å². The second-order valence-electron chi connectivity index (χ2n) is 5.07. The van der Waals surface area contributed by atoms with Crippen LogP contribution in [0.15, 0.2) is 0 Å². The molecule has 1 heterocycles. The number of alkyl carbamates (subject to hydrolysis) is 1. The van der Waals surface area contributed by atoms with Gasteiger partial charge in [0.15, 0.2) is 0 Å². The van der Waals surface area contributed by atoms with Crippen molar-refractivity contribution in [1.29, 1.82) is 0 Å². The van der Waals surface area contributed by atoms with Gasteiger partial charge in [-0.05, 0) is 20.8 Å². The van der Waals surface area contributed by atoms with Crippen molar-refractivity contribution >= 4 is 29.7 Å². The molecule has 0 aromatic rings. The Kier molecular flexibility index (Phi) is 5.04. The van der Waals surface area contributed by atoms with E-state index in [0.29, 0.717) is 11.6 Å². The van der Waals surface area contributed by atoms with Crippen molar-refractivity contribution in [3.8, 4) is 0 Å². The highest BCUT2D eigenvalue weighted by Gasteiger charge is 2.34. The summed E-state index contributed by atoms with van der Waals surface area (Å²) in [6.45, 7) is 4.88. The molecule has 1 unspecified atom stereocenters. The molecule has 108 valence electrons. The first-order chi connectivity index (χ1) is 8.70. The second-order valence-corrected chi connectivity index (χ2v) is 6.07. The van der Waals surface area contributed by atoms with E-state index in [-0.39, 0.29) is 6.54 Å². The van der Waals surface area contributed by atoms with E-state index in [0.717, 1.165) is 0 Å². The summed E-state index contributed by atoms with van der Waals surface area (Å²) >= 11 is 1.37. The highest BCUT2D eigenvalue weighted by atomic mass is 32.2. The van der Waals surface area contributed by atoms with Gasteiger partial charge in [-0.3, -0.25) is 4.79 Å². The standard InChI is InChI=1S/C11H18N2O5S/c1-11(2,3)18-10(17)12-4-8(14)13-6-19-5-7(13)9(15)16/h7H,4-6H2,1-3H3,(H,12,17)(H,15,16). The van der Waals surface area contributed by atoms with Gasteiger partial charge < -0.3 is 20.1 Å². The summed E-state index contributed by atoms with van der Waals surface area (Å²) in [5.74, 6) is -0.766. The molecule has 2 amide bonds. The third-order valence-electron chi connectivity index (χ3n) is 2.27. The largest absolute Gasteiger partial charge is 0.480 e. The maximum absolute atomic E-state index is 11.8. The van der Waals surface area contributed by atoms with Crippen molar-refractivity contribution in [3.05, 3.63) is 0 Å². The zero-order valence-corrected chi connectivity index (χ0v) is 12.0. The number of ether oxygens (including phenoxy) is 1. The first-order valence-electron chi connectivity index (χ1n) is 5.77. The number of carbonyl (C=O) groups is 3. The van der Waals surface area contributed by atoms with Gasteiger partial charge in [0.05, 0.1) is 5.88 Å². The molecule has 0 aromatic heterocycles. The Labute approximate surface area is 115 Å². The van der Waals surface area contributed by atoms with E-state index >= 15 is 0 Å². The van der Waals surface area contributed by atoms with Crippen molar-refractivity contribution in [2.45, 2.75) is 32.4 Å². The molecule has 0 radical (unpaired) electrons. The number of rotatable bonds is 3. The normalized spacial score (nSPS) is 19.1. The van der Waals surface area contributed by atoms with Crippen LogP contribution in [0.1, 0.15) is 20.8 Å². The molecular formula is C11H18N2O5S. The van der Waals surface area contributed by atoms with Gasteiger partial charge in [0, 0.05) is 5.75 Å². The van der Waals surface area contributed by atoms with Crippen LogP contribution < -0.4 is 5.32 Å². The topological polar surface area (TPSA) is 95.9 Å². The summed E-state index contributed by atoms with van der Waals surface area (Å²) in [5.41, 5.74) is -0.639. The minimum Gasteiger partial charge on any atom is -0.480 e. The van der Waals surface area contributed by atoms with Crippen LogP contribution in [0, 0.1) is 0 Å². The molecule has 0 aromatic carbocycles. The fourth-order valence-electron chi connectivity index (χ4n) is 1.46. The van der Waals surface area contributed by atoms with Crippen LogP contribution in [0.4, 0.5) is 4.79 Å². The number of hydrogen-bond acceptors (Lipinski definition) is 5. The van der Waals surface area contributed by atoms with Gasteiger partial charge in [0.2, 0.25) is 5.91 Å². The van der Waals surface area contributed by atoms with Gasteiger partial charge >= 0.3 is 12.1 Å². The lowest BCUT2D eigenvalue weighted by Gasteiger charge is -2.22. The average molecular weight is 290 g/mol. The van der Waals surface area contributed by atoms with E-state index in [1.165, 1.54) is 16.7 Å². The smallest absolute Gasteiger partial charge is 0.408 e. The number of hydrogen-bond donors (Lipinski definition) is 2. The predicted molar refractivity (Wildman–Crippen MR) is 69.8 cm³/mol. The average Bonchev–Trinajstić information content (AvgIpc) is 2.72. The molecular weight excluding hydrogens is 272 g/mol. The lowest BCUT2D eigenvalue weighted by Crippen LogP contribution is -2.47. The molecule has 19 heavy (non-hydrogen) atoms. The molecule has 0 aliphatic carbocycles. The van der Waals surface area contributed by atoms with Crippen LogP contribution in [0.2, 0.25) is 0 Å². The molecule has 2 N–H and O–H groups in total. The van der Waals surface area contributed by atoms with Crippen molar-refractivity contribution in [2.75, 3.05) is 18.2 Å². The number of carboxylic acid groups (broad SMARTS) is 1. The summed E-state index contributed by atoms with van der Waals surface area (Å²) in [6, 6.07) is -0.821. The van der Waals surface area contributed by atoms with Crippen molar-refractivity contribution in [3.63, 3.8) is 0 Å². The fraction of sp³-hybridized carbons (Fsp3) is 0.727. The molecule has 0 spiro atoms. The minimum absolute atomic E-state index is 0.265. The van der Waals surface area contributed by atoms with Crippen LogP contribution in [0.3, 0.4) is 0 Å². The van der Waals surface area contributed by atoms with E-state index < -0.39 is 29.6 Å². The SMILES string of the molecule is CC(C)(C)OC(=O)NCC(=O)N1CSCC1C(=O)O. The molecule has 7 nitrogen and oxygen atoms in total. The van der Waals surface area contributed by atoms with Crippen LogP contribution in [-0.4, -0.2) is 57.8 Å². The van der Waals surface area contributed by atoms with Crippen molar-refractivity contribution in [1.82, 2.24) is 10.2 Å². The van der Waals surface area contributed by atoms with Gasteiger partial charge in [0.25, 0.3) is 0 Å². The molecule has 1 aliphatic rings. The van der Waals surface area contributed by atoms with Crippen molar-refractivity contribution in [2.24, 2.45) is 0 Å². The monoisotopic (exact) mass is 290 g/mol. The number of nitrogens with zero attached hydrogens (tertiary/aromatic N) is 1. The van der Waals surface area contributed by atoms with Gasteiger partial charge in [-0.1, -0.05) is 0 Å². The predicted octanol–water partition coefficient (Wildman–Crippen LogP) is 0.497. The Morgan fingerprint density at radius 2 is 2.05 bits per heavy atom. The second kappa shape index (κ2) is 6.14. The highest BCUT2D eigenvalue weighted by molar-refractivity contribution is 7.99. The minimum atomic E-state index is -1.03. The first-order valence-corrected chi connectivity index (χ1v) is 6.93. The zero-order valence-electron chi connectivity index (χ0n) is 11.1. The number of carbonyl (C=O) groups excluding carboxylic acids is 2. The molecule has 1 saturated heterocycles. The van der Waals surface area contributed by atoms with E-state index in [1.807, 2.05) is 0 Å². The van der Waals surface area contributed by atoms with Gasteiger partial charge in [-0.25, -0.2) is 9.59 Å². The summed E-state index contributed by atoms with van der Waals surface area (Å²) in [7, 11) is 0. The maximum Gasteiger partial charge on any atom is 0.408 e. The fourth-order valence-corrected chi connectivity index (χ4v) is 2.63. The molecule has 8 heteroatoms. The Morgan fingerprint density at radius 3 is 2.58 bits per heavy atom. The number of thioether (sulfide) groups is 1. The van der Waals surface area contributed by atoms with E-state index in [4.69, 9.17) is 9.84 Å². The Morgan fingerprint density at radius 1 is 1.42 bits per heavy atom. The number of aliphatic carboxylic acids is 1.